The Bertz CT molecular complexity index is 1300. The highest BCUT2D eigenvalue weighted by atomic mass is 16.1. The topological polar surface area (TPSA) is 63.1 Å². The van der Waals surface area contributed by atoms with E-state index >= 15 is 0 Å². The Hall–Kier alpha value is -4.12. The summed E-state index contributed by atoms with van der Waals surface area (Å²) in [5, 5.41) is 6.35. The Morgan fingerprint density at radius 3 is 2.41 bits per heavy atom. The number of hydrogen-bond acceptors (Lipinski definition) is 3. The summed E-state index contributed by atoms with van der Waals surface area (Å²) >= 11 is 0. The van der Waals surface area contributed by atoms with Crippen LogP contribution in [0.1, 0.15) is 43.6 Å². The van der Waals surface area contributed by atoms with Crippen LogP contribution in [0.15, 0.2) is 91.1 Å². The molecule has 158 valence electrons. The highest BCUT2D eigenvalue weighted by molar-refractivity contribution is 6.06. The van der Waals surface area contributed by atoms with Crippen LogP contribution in [0.3, 0.4) is 0 Å². The molecule has 0 spiro atoms. The normalized spacial score (nSPS) is 14.5. The molecule has 0 fully saturated rings. The van der Waals surface area contributed by atoms with E-state index in [2.05, 4.69) is 21.3 Å². The van der Waals surface area contributed by atoms with Gasteiger partial charge in [-0.3, -0.25) is 9.59 Å². The standard InChI is InChI=1S/C27H23N3O2/c1-18-7-2-4-9-22(18)29-27(32)20-14-12-19(13-15-20)26(31)25-24-11-6-16-30(24)17-21-8-3-5-10-23(21)28-25/h2-16,25,28H,17H2,1H3,(H,29,32). The molecular formula is C27H23N3O2. The van der Waals surface area contributed by atoms with E-state index in [-0.39, 0.29) is 11.7 Å². The molecule has 2 N–H and O–H groups in total. The van der Waals surface area contributed by atoms with E-state index in [0.717, 1.165) is 28.2 Å². The fraction of sp³-hybridized carbons (Fsp3) is 0.111. The minimum Gasteiger partial charge on any atom is -0.370 e. The molecule has 5 nitrogen and oxygen atoms in total. The van der Waals surface area contributed by atoms with Gasteiger partial charge >= 0.3 is 0 Å². The van der Waals surface area contributed by atoms with Crippen molar-refractivity contribution in [2.45, 2.75) is 19.5 Å². The number of para-hydroxylation sites is 2. The number of benzene rings is 3. The first-order valence-corrected chi connectivity index (χ1v) is 10.6. The molecule has 1 aliphatic rings. The predicted octanol–water partition coefficient (Wildman–Crippen LogP) is 5.45. The van der Waals surface area contributed by atoms with Crippen molar-refractivity contribution >= 4 is 23.1 Å². The molecule has 2 heterocycles. The van der Waals surface area contributed by atoms with Gasteiger partial charge < -0.3 is 15.2 Å². The van der Waals surface area contributed by atoms with Gasteiger partial charge in [0, 0.05) is 40.9 Å². The van der Waals surface area contributed by atoms with E-state index in [4.69, 9.17) is 0 Å². The van der Waals surface area contributed by atoms with Gasteiger partial charge in [0.15, 0.2) is 5.78 Å². The Morgan fingerprint density at radius 1 is 0.875 bits per heavy atom. The second kappa shape index (κ2) is 8.19. The second-order valence-corrected chi connectivity index (χ2v) is 8.01. The number of rotatable bonds is 4. The van der Waals surface area contributed by atoms with Gasteiger partial charge in [-0.15, -0.1) is 0 Å². The molecule has 1 amide bonds. The molecule has 1 aliphatic heterocycles. The average molecular weight is 422 g/mol. The van der Waals surface area contributed by atoms with E-state index in [1.54, 1.807) is 24.3 Å². The number of nitrogens with one attached hydrogen (secondary N) is 2. The molecule has 1 atom stereocenters. The SMILES string of the molecule is Cc1ccccc1NC(=O)c1ccc(C(=O)C2Nc3ccccc3Cn3cccc32)cc1. The monoisotopic (exact) mass is 421 g/mol. The molecular weight excluding hydrogens is 398 g/mol. The van der Waals surface area contributed by atoms with Gasteiger partial charge in [-0.25, -0.2) is 0 Å². The number of carbonyl (C=O) groups excluding carboxylic acids is 2. The van der Waals surface area contributed by atoms with Crippen molar-refractivity contribution in [3.8, 4) is 0 Å². The summed E-state index contributed by atoms with van der Waals surface area (Å²) in [5.74, 6) is -0.235. The molecule has 5 rings (SSSR count). The number of ketones is 1. The summed E-state index contributed by atoms with van der Waals surface area (Å²) in [7, 11) is 0. The summed E-state index contributed by atoms with van der Waals surface area (Å²) in [5.41, 5.74) is 5.87. The number of aromatic nitrogens is 1. The van der Waals surface area contributed by atoms with Crippen LogP contribution in [-0.4, -0.2) is 16.3 Å². The van der Waals surface area contributed by atoms with Gasteiger partial charge in [0.2, 0.25) is 0 Å². The maximum Gasteiger partial charge on any atom is 0.255 e. The average Bonchev–Trinajstić information content (AvgIpc) is 3.21. The molecule has 0 saturated carbocycles. The van der Waals surface area contributed by atoms with Crippen molar-refractivity contribution in [2.24, 2.45) is 0 Å². The third-order valence-corrected chi connectivity index (χ3v) is 5.91. The lowest BCUT2D eigenvalue weighted by molar-refractivity contribution is 0.0965. The molecule has 3 aromatic carbocycles. The van der Waals surface area contributed by atoms with E-state index < -0.39 is 6.04 Å². The van der Waals surface area contributed by atoms with Crippen LogP contribution in [0, 0.1) is 6.92 Å². The lowest BCUT2D eigenvalue weighted by atomic mass is 9.99. The first kappa shape index (κ1) is 19.8. The number of hydrogen-bond donors (Lipinski definition) is 2. The lowest BCUT2D eigenvalue weighted by Gasteiger charge is -2.18. The van der Waals surface area contributed by atoms with Crippen LogP contribution in [0.25, 0.3) is 0 Å². The van der Waals surface area contributed by atoms with Crippen LogP contribution >= 0.6 is 0 Å². The fourth-order valence-electron chi connectivity index (χ4n) is 4.11. The molecule has 4 aromatic rings. The summed E-state index contributed by atoms with van der Waals surface area (Å²) in [6.07, 6.45) is 2.00. The van der Waals surface area contributed by atoms with Crippen LogP contribution in [0.2, 0.25) is 0 Å². The molecule has 0 saturated heterocycles. The molecule has 1 aromatic heterocycles. The predicted molar refractivity (Wildman–Crippen MR) is 126 cm³/mol. The molecule has 32 heavy (non-hydrogen) atoms. The second-order valence-electron chi connectivity index (χ2n) is 8.01. The Morgan fingerprint density at radius 2 is 1.59 bits per heavy atom. The maximum absolute atomic E-state index is 13.5. The number of nitrogens with zero attached hydrogens (tertiary/aromatic N) is 1. The number of amides is 1. The summed E-state index contributed by atoms with van der Waals surface area (Å²) < 4.78 is 2.10. The molecule has 0 radical (unpaired) electrons. The summed E-state index contributed by atoms with van der Waals surface area (Å²) in [6.45, 7) is 2.67. The van der Waals surface area contributed by atoms with Crippen molar-refractivity contribution in [3.63, 3.8) is 0 Å². The zero-order chi connectivity index (χ0) is 22.1. The van der Waals surface area contributed by atoms with E-state index in [0.29, 0.717) is 17.7 Å². The van der Waals surface area contributed by atoms with Crippen molar-refractivity contribution in [1.82, 2.24) is 4.57 Å². The number of anilines is 2. The van der Waals surface area contributed by atoms with Crippen LogP contribution in [0.5, 0.6) is 0 Å². The van der Waals surface area contributed by atoms with Crippen LogP contribution in [-0.2, 0) is 6.54 Å². The zero-order valence-electron chi connectivity index (χ0n) is 17.7. The largest absolute Gasteiger partial charge is 0.370 e. The zero-order valence-corrected chi connectivity index (χ0v) is 17.7. The van der Waals surface area contributed by atoms with Gasteiger partial charge in [0.1, 0.15) is 6.04 Å². The summed E-state index contributed by atoms with van der Waals surface area (Å²) in [6, 6.07) is 26.0. The third-order valence-electron chi connectivity index (χ3n) is 5.91. The Labute approximate surface area is 186 Å². The molecule has 1 unspecified atom stereocenters. The number of fused-ring (bicyclic) bond motifs is 2. The van der Waals surface area contributed by atoms with Crippen LogP contribution < -0.4 is 10.6 Å². The molecule has 0 aliphatic carbocycles. The van der Waals surface area contributed by atoms with Gasteiger partial charge in [-0.1, -0.05) is 48.5 Å². The first-order chi connectivity index (χ1) is 15.6. The quantitative estimate of drug-likeness (QED) is 0.431. The number of aryl methyl sites for hydroxylation is 1. The first-order valence-electron chi connectivity index (χ1n) is 10.6. The van der Waals surface area contributed by atoms with Crippen LogP contribution in [0.4, 0.5) is 11.4 Å². The van der Waals surface area contributed by atoms with Gasteiger partial charge in [0.25, 0.3) is 5.91 Å². The lowest BCUT2D eigenvalue weighted by Crippen LogP contribution is -2.22. The highest BCUT2D eigenvalue weighted by Crippen LogP contribution is 2.31. The molecule has 0 bridgehead atoms. The third kappa shape index (κ3) is 3.69. The molecule has 5 heteroatoms. The smallest absolute Gasteiger partial charge is 0.255 e. The van der Waals surface area contributed by atoms with Crippen molar-refractivity contribution in [2.75, 3.05) is 10.6 Å². The van der Waals surface area contributed by atoms with E-state index in [1.807, 2.05) is 67.7 Å². The van der Waals surface area contributed by atoms with Gasteiger partial charge in [-0.05, 0) is 54.4 Å². The fourth-order valence-corrected chi connectivity index (χ4v) is 4.11. The van der Waals surface area contributed by atoms with Gasteiger partial charge in [0.05, 0.1) is 0 Å². The Balaban J connectivity index is 1.39. The Kier molecular flexibility index (Phi) is 5.07. The maximum atomic E-state index is 13.5. The minimum absolute atomic E-state index is 0.0347. The minimum atomic E-state index is -0.500. The van der Waals surface area contributed by atoms with E-state index in [1.165, 1.54) is 0 Å². The van der Waals surface area contributed by atoms with Crippen molar-refractivity contribution in [3.05, 3.63) is 119 Å². The highest BCUT2D eigenvalue weighted by Gasteiger charge is 2.28. The summed E-state index contributed by atoms with van der Waals surface area (Å²) in [4.78, 5) is 26.1. The van der Waals surface area contributed by atoms with Gasteiger partial charge in [-0.2, -0.15) is 0 Å². The van der Waals surface area contributed by atoms with Crippen molar-refractivity contribution in [1.29, 1.82) is 0 Å². The van der Waals surface area contributed by atoms with Crippen molar-refractivity contribution < 1.29 is 9.59 Å². The number of carbonyl (C=O) groups is 2. The number of Topliss-reactive ketones (excluding diaryl/α,β-unsaturated/α-hetero) is 1. The van der Waals surface area contributed by atoms with E-state index in [9.17, 15) is 9.59 Å².